The maximum Gasteiger partial charge on any atom is 0.232 e. The van der Waals surface area contributed by atoms with E-state index in [-0.39, 0.29) is 6.10 Å². The first-order chi connectivity index (χ1) is 18.5. The second-order valence-electron chi connectivity index (χ2n) is 9.34. The minimum Gasteiger partial charge on any atom is -0.494 e. The topological polar surface area (TPSA) is 143 Å². The van der Waals surface area contributed by atoms with Gasteiger partial charge in [-0.1, -0.05) is 6.07 Å². The van der Waals surface area contributed by atoms with Gasteiger partial charge in [0.15, 0.2) is 11.5 Å². The van der Waals surface area contributed by atoms with Crippen molar-refractivity contribution in [2.24, 2.45) is 0 Å². The average Bonchev–Trinajstić information content (AvgIpc) is 3.67. The van der Waals surface area contributed by atoms with Gasteiger partial charge in [0, 0.05) is 24.8 Å². The number of rotatable bonds is 8. The number of aliphatic hydroxyl groups is 1. The Labute approximate surface area is 218 Å². The fourth-order valence-electron chi connectivity index (χ4n) is 4.87. The molecule has 1 aliphatic rings. The Morgan fingerprint density at radius 3 is 2.79 bits per heavy atom. The van der Waals surface area contributed by atoms with Gasteiger partial charge in [-0.25, -0.2) is 4.98 Å². The first-order valence-electron chi connectivity index (χ1n) is 12.6. The van der Waals surface area contributed by atoms with Crippen molar-refractivity contribution in [1.82, 2.24) is 30.2 Å². The number of nitrogens with one attached hydrogen (secondary N) is 3. The molecule has 0 radical (unpaired) electrons. The molecule has 4 aromatic heterocycles. The first-order valence-corrected chi connectivity index (χ1v) is 12.6. The summed E-state index contributed by atoms with van der Waals surface area (Å²) in [5.74, 6) is 1.96. The van der Waals surface area contributed by atoms with Gasteiger partial charge in [-0.3, -0.25) is 10.3 Å². The number of hydrogen-bond acceptors (Lipinski definition) is 10. The van der Waals surface area contributed by atoms with Crippen LogP contribution in [0.3, 0.4) is 0 Å². The lowest BCUT2D eigenvalue weighted by molar-refractivity contribution is 0.144. The van der Waals surface area contributed by atoms with E-state index in [1.807, 2.05) is 31.3 Å². The highest BCUT2D eigenvalue weighted by atomic mass is 16.5. The second kappa shape index (κ2) is 9.92. The summed E-state index contributed by atoms with van der Waals surface area (Å²) in [6, 6.07) is 7.59. The Hall–Kier alpha value is -4.22. The van der Waals surface area contributed by atoms with Crippen molar-refractivity contribution in [3.05, 3.63) is 48.2 Å². The van der Waals surface area contributed by atoms with E-state index in [1.165, 1.54) is 0 Å². The largest absolute Gasteiger partial charge is 0.494 e. The fourth-order valence-corrected chi connectivity index (χ4v) is 4.87. The zero-order valence-electron chi connectivity index (χ0n) is 21.4. The number of H-pyrrole nitrogens is 1. The molecule has 6 rings (SSSR count). The second-order valence-corrected chi connectivity index (χ2v) is 9.34. The molecule has 0 bridgehead atoms. The molecule has 0 amide bonds. The third-order valence-electron chi connectivity index (χ3n) is 6.79. The number of aliphatic hydroxyl groups excluding tert-OH is 1. The van der Waals surface area contributed by atoms with Gasteiger partial charge in [0.05, 0.1) is 24.4 Å². The Morgan fingerprint density at radius 2 is 2.00 bits per heavy atom. The van der Waals surface area contributed by atoms with Crippen LogP contribution in [-0.4, -0.2) is 50.3 Å². The SMILES string of the molecule is CNC(O)c1cc(OC)c(Nc2nc(OC3CCCC3)c3c(-c4ccc5nc(C)oc5c4)c[nH]c3n2)cn1. The van der Waals surface area contributed by atoms with E-state index in [4.69, 9.17) is 23.9 Å². The van der Waals surface area contributed by atoms with Crippen molar-refractivity contribution in [2.75, 3.05) is 19.5 Å². The van der Waals surface area contributed by atoms with Gasteiger partial charge in [-0.2, -0.15) is 9.97 Å². The highest BCUT2D eigenvalue weighted by Crippen LogP contribution is 2.38. The third kappa shape index (κ3) is 4.50. The Bertz CT molecular complexity index is 1610. The van der Waals surface area contributed by atoms with Gasteiger partial charge >= 0.3 is 0 Å². The highest BCUT2D eigenvalue weighted by Gasteiger charge is 2.23. The molecule has 11 heteroatoms. The number of oxazole rings is 1. The van der Waals surface area contributed by atoms with Crippen LogP contribution >= 0.6 is 0 Å². The standard InChI is InChI=1S/C27H29N7O4/c1-14-31-18-9-8-15(10-22(18)37-14)17-12-30-24-23(17)26(38-16-6-4-5-7-16)34-27(33-24)32-20-13-29-19(25(35)28-2)11-21(20)36-3/h8-13,16,25,28,35H,4-7H2,1-3H3,(H2,30,32,33,34). The van der Waals surface area contributed by atoms with E-state index in [2.05, 4.69) is 25.6 Å². The molecule has 5 aromatic rings. The predicted octanol–water partition coefficient (Wildman–Crippen LogP) is 4.75. The molecule has 0 saturated heterocycles. The van der Waals surface area contributed by atoms with Crippen LogP contribution in [0.1, 0.15) is 43.5 Å². The van der Waals surface area contributed by atoms with Crippen molar-refractivity contribution >= 4 is 33.8 Å². The fraction of sp³-hybridized carbons (Fsp3) is 0.333. The van der Waals surface area contributed by atoms with Crippen LogP contribution in [0.15, 0.2) is 41.1 Å². The minimum atomic E-state index is -0.908. The molecule has 4 heterocycles. The number of aromatic nitrogens is 5. The number of aryl methyl sites for hydroxylation is 1. The third-order valence-corrected chi connectivity index (χ3v) is 6.79. The van der Waals surface area contributed by atoms with Crippen LogP contribution in [0, 0.1) is 6.92 Å². The smallest absolute Gasteiger partial charge is 0.232 e. The van der Waals surface area contributed by atoms with Crippen LogP contribution in [0.5, 0.6) is 11.6 Å². The zero-order chi connectivity index (χ0) is 26.2. The number of benzene rings is 1. The van der Waals surface area contributed by atoms with Gasteiger partial charge in [-0.05, 0) is 50.4 Å². The van der Waals surface area contributed by atoms with Crippen LogP contribution < -0.4 is 20.1 Å². The molecule has 1 atom stereocenters. The average molecular weight is 516 g/mol. The van der Waals surface area contributed by atoms with Gasteiger partial charge in [0.25, 0.3) is 0 Å². The normalized spacial score (nSPS) is 14.8. The maximum atomic E-state index is 10.1. The number of nitrogens with zero attached hydrogens (tertiary/aromatic N) is 4. The van der Waals surface area contributed by atoms with E-state index in [0.29, 0.717) is 40.5 Å². The molecule has 1 aliphatic carbocycles. The molecule has 196 valence electrons. The van der Waals surface area contributed by atoms with E-state index < -0.39 is 6.23 Å². The van der Waals surface area contributed by atoms with Gasteiger partial charge in [-0.15, -0.1) is 0 Å². The Kier molecular flexibility index (Phi) is 6.30. The maximum absolute atomic E-state index is 10.1. The molecule has 1 fully saturated rings. The molecule has 38 heavy (non-hydrogen) atoms. The summed E-state index contributed by atoms with van der Waals surface area (Å²) in [5.41, 5.74) is 5.03. The number of ether oxygens (including phenoxy) is 2. The molecule has 4 N–H and O–H groups in total. The number of anilines is 2. The van der Waals surface area contributed by atoms with E-state index >= 15 is 0 Å². The van der Waals surface area contributed by atoms with E-state index in [0.717, 1.165) is 53.3 Å². The zero-order valence-corrected chi connectivity index (χ0v) is 21.4. The summed E-state index contributed by atoms with van der Waals surface area (Å²) in [4.78, 5) is 21.5. The lowest BCUT2D eigenvalue weighted by Crippen LogP contribution is -2.17. The monoisotopic (exact) mass is 515 g/mol. The van der Waals surface area contributed by atoms with E-state index in [9.17, 15) is 5.11 Å². The van der Waals surface area contributed by atoms with Crippen molar-refractivity contribution in [3.63, 3.8) is 0 Å². The lowest BCUT2D eigenvalue weighted by Gasteiger charge is -2.16. The van der Waals surface area contributed by atoms with Crippen molar-refractivity contribution < 1.29 is 19.0 Å². The number of fused-ring (bicyclic) bond motifs is 2. The molecule has 0 aliphatic heterocycles. The van der Waals surface area contributed by atoms with Crippen LogP contribution in [0.4, 0.5) is 11.6 Å². The summed E-state index contributed by atoms with van der Waals surface area (Å²) in [7, 11) is 3.20. The molecule has 11 nitrogen and oxygen atoms in total. The van der Waals surface area contributed by atoms with E-state index in [1.54, 1.807) is 26.4 Å². The number of pyridine rings is 1. The van der Waals surface area contributed by atoms with Crippen LogP contribution in [0.25, 0.3) is 33.3 Å². The van der Waals surface area contributed by atoms with Gasteiger partial charge in [0.2, 0.25) is 11.8 Å². The Balaban J connectivity index is 1.42. The van der Waals surface area contributed by atoms with Gasteiger partial charge < -0.3 is 29.3 Å². The molecule has 1 aromatic carbocycles. The quantitative estimate of drug-likeness (QED) is 0.214. The summed E-state index contributed by atoms with van der Waals surface area (Å²) < 4.78 is 17.8. The summed E-state index contributed by atoms with van der Waals surface area (Å²) >= 11 is 0. The van der Waals surface area contributed by atoms with Crippen molar-refractivity contribution in [2.45, 2.75) is 44.9 Å². The first kappa shape index (κ1) is 24.1. The molecule has 1 unspecified atom stereocenters. The molecular weight excluding hydrogens is 486 g/mol. The summed E-state index contributed by atoms with van der Waals surface area (Å²) in [6.45, 7) is 1.84. The van der Waals surface area contributed by atoms with Crippen LogP contribution in [-0.2, 0) is 0 Å². The Morgan fingerprint density at radius 1 is 1.16 bits per heavy atom. The highest BCUT2D eigenvalue weighted by molar-refractivity contribution is 5.99. The number of aromatic amines is 1. The summed E-state index contributed by atoms with van der Waals surface area (Å²) in [5, 5.41) is 16.8. The molecule has 1 saturated carbocycles. The van der Waals surface area contributed by atoms with Crippen molar-refractivity contribution in [1.29, 1.82) is 0 Å². The number of methoxy groups -OCH3 is 1. The van der Waals surface area contributed by atoms with Crippen LogP contribution in [0.2, 0.25) is 0 Å². The van der Waals surface area contributed by atoms with Crippen molar-refractivity contribution in [3.8, 4) is 22.8 Å². The van der Waals surface area contributed by atoms with Gasteiger partial charge in [0.1, 0.15) is 34.9 Å². The summed E-state index contributed by atoms with van der Waals surface area (Å²) in [6.07, 6.45) is 6.93. The lowest BCUT2D eigenvalue weighted by atomic mass is 10.1. The molecule has 0 spiro atoms. The molecular formula is C27H29N7O4. The minimum absolute atomic E-state index is 0.0987. The predicted molar refractivity (Wildman–Crippen MR) is 143 cm³/mol. The number of hydrogen-bond donors (Lipinski definition) is 4.